The molecule has 6 N–H and O–H groups in total. The van der Waals surface area contributed by atoms with Gasteiger partial charge in [0.05, 0.1) is 29.3 Å². The van der Waals surface area contributed by atoms with Gasteiger partial charge in [-0.1, -0.05) is 32.0 Å². The molecular formula is C30H32F6N6O5. The number of benzene rings is 2. The number of hydrogen-bond acceptors (Lipinski definition) is 8. The fourth-order valence-corrected chi connectivity index (χ4v) is 4.31. The van der Waals surface area contributed by atoms with Crippen LogP contribution in [0.3, 0.4) is 0 Å². The third-order valence-electron chi connectivity index (χ3n) is 6.67. The standard InChI is InChI=1S/C26H30N6O.2C2HF3O2/c1-15(2)13-29-16(3)17-5-7-24-19(10-17)11-20(14-33-24)25-30-22-6-4-18(12-23(22)31-25)21-8-9-28-26(27)32-21;2*3-2(4,5)1(6)7/h4-10,12,15-16,20,29H,11,13-14H2,1-3H3,(H,30,31)(H2,27,28,32);2*(H,6,7). The minimum absolute atomic E-state index is 0.178. The molecule has 1 aliphatic heterocycles. The number of carboxylic acid groups (broad SMARTS) is 2. The minimum atomic E-state index is -5.08. The van der Waals surface area contributed by atoms with E-state index in [9.17, 15) is 26.3 Å². The molecule has 0 bridgehead atoms. The summed E-state index contributed by atoms with van der Waals surface area (Å²) in [7, 11) is 0. The number of halogens is 6. The Morgan fingerprint density at radius 3 is 2.21 bits per heavy atom. The Morgan fingerprint density at radius 2 is 1.64 bits per heavy atom. The summed E-state index contributed by atoms with van der Waals surface area (Å²) < 4.78 is 69.6. The highest BCUT2D eigenvalue weighted by atomic mass is 19.4. The Kier molecular flexibility index (Phi) is 11.7. The van der Waals surface area contributed by atoms with E-state index < -0.39 is 24.3 Å². The van der Waals surface area contributed by atoms with Gasteiger partial charge in [-0.2, -0.15) is 26.3 Å². The fourth-order valence-electron chi connectivity index (χ4n) is 4.31. The molecule has 11 nitrogen and oxygen atoms in total. The van der Waals surface area contributed by atoms with E-state index in [1.807, 2.05) is 18.2 Å². The van der Waals surface area contributed by atoms with E-state index in [1.54, 1.807) is 6.20 Å². The summed E-state index contributed by atoms with van der Waals surface area (Å²) in [5, 5.41) is 17.9. The van der Waals surface area contributed by atoms with Crippen LogP contribution in [0, 0.1) is 5.92 Å². The number of carboxylic acids is 2. The van der Waals surface area contributed by atoms with Gasteiger partial charge < -0.3 is 31.0 Å². The maximum atomic E-state index is 10.6. The normalized spacial score (nSPS) is 15.0. The highest BCUT2D eigenvalue weighted by Crippen LogP contribution is 2.34. The lowest BCUT2D eigenvalue weighted by Crippen LogP contribution is -2.24. The van der Waals surface area contributed by atoms with Crippen molar-refractivity contribution in [3.05, 3.63) is 65.6 Å². The van der Waals surface area contributed by atoms with Crippen molar-refractivity contribution in [2.75, 3.05) is 18.9 Å². The molecule has 5 rings (SSSR count). The maximum absolute atomic E-state index is 10.6. The van der Waals surface area contributed by atoms with E-state index in [-0.39, 0.29) is 11.9 Å². The number of ether oxygens (including phenoxy) is 1. The summed E-state index contributed by atoms with van der Waals surface area (Å²) >= 11 is 0. The van der Waals surface area contributed by atoms with Gasteiger partial charge in [-0.05, 0) is 61.2 Å². The quantitative estimate of drug-likeness (QED) is 0.155. The highest BCUT2D eigenvalue weighted by molar-refractivity contribution is 5.81. The molecule has 0 fully saturated rings. The Balaban J connectivity index is 0.000000360. The molecule has 4 aromatic rings. The van der Waals surface area contributed by atoms with Crippen molar-refractivity contribution in [2.45, 2.75) is 51.5 Å². The third-order valence-corrected chi connectivity index (χ3v) is 6.67. The van der Waals surface area contributed by atoms with E-state index >= 15 is 0 Å². The van der Waals surface area contributed by atoms with Crippen LogP contribution in [0.25, 0.3) is 22.3 Å². The second-order valence-electron chi connectivity index (χ2n) is 10.9. The first-order valence-electron chi connectivity index (χ1n) is 14.0. The van der Waals surface area contributed by atoms with Crippen LogP contribution in [-0.2, 0) is 16.0 Å². The number of nitrogens with zero attached hydrogens (tertiary/aromatic N) is 3. The zero-order valence-corrected chi connectivity index (χ0v) is 25.3. The molecule has 3 heterocycles. The lowest BCUT2D eigenvalue weighted by atomic mass is 9.93. The molecule has 0 saturated carbocycles. The number of rotatable bonds is 6. The third kappa shape index (κ3) is 10.6. The summed E-state index contributed by atoms with van der Waals surface area (Å²) in [6, 6.07) is 14.8. The molecule has 0 amide bonds. The number of aromatic nitrogens is 4. The minimum Gasteiger partial charge on any atom is -0.493 e. The predicted molar refractivity (Wildman–Crippen MR) is 159 cm³/mol. The molecule has 1 aliphatic rings. The molecule has 47 heavy (non-hydrogen) atoms. The van der Waals surface area contributed by atoms with Crippen molar-refractivity contribution >= 4 is 28.9 Å². The number of anilines is 1. The number of alkyl halides is 6. The Labute approximate surface area is 264 Å². The second kappa shape index (κ2) is 15.1. The number of H-pyrrole nitrogens is 1. The van der Waals surface area contributed by atoms with Crippen LogP contribution in [0.15, 0.2) is 48.7 Å². The number of imidazole rings is 1. The van der Waals surface area contributed by atoms with Gasteiger partial charge in [0.15, 0.2) is 0 Å². The van der Waals surface area contributed by atoms with Crippen LogP contribution in [0.2, 0.25) is 0 Å². The molecule has 0 radical (unpaired) electrons. The van der Waals surface area contributed by atoms with E-state index in [0.29, 0.717) is 18.6 Å². The molecule has 0 spiro atoms. The number of nitrogens with two attached hydrogens (primary N) is 1. The number of nitrogen functional groups attached to an aromatic ring is 1. The van der Waals surface area contributed by atoms with Gasteiger partial charge in [0.25, 0.3) is 0 Å². The summed E-state index contributed by atoms with van der Waals surface area (Å²) in [5.74, 6) is -2.52. The van der Waals surface area contributed by atoms with Gasteiger partial charge in [0.1, 0.15) is 11.6 Å². The average Bonchev–Trinajstić information content (AvgIpc) is 3.42. The van der Waals surface area contributed by atoms with Gasteiger partial charge in [0.2, 0.25) is 5.95 Å². The van der Waals surface area contributed by atoms with Crippen LogP contribution in [0.1, 0.15) is 49.7 Å². The number of fused-ring (bicyclic) bond motifs is 2. The van der Waals surface area contributed by atoms with Crippen molar-refractivity contribution in [2.24, 2.45) is 5.92 Å². The maximum Gasteiger partial charge on any atom is 0.490 e. The second-order valence-corrected chi connectivity index (χ2v) is 10.9. The zero-order chi connectivity index (χ0) is 35.1. The Bertz CT molecular complexity index is 1670. The van der Waals surface area contributed by atoms with Gasteiger partial charge >= 0.3 is 24.3 Å². The van der Waals surface area contributed by atoms with Crippen molar-refractivity contribution in [3.8, 4) is 17.0 Å². The first-order chi connectivity index (χ1) is 21.8. The summed E-state index contributed by atoms with van der Waals surface area (Å²) in [5.41, 5.74) is 12.0. The molecule has 2 aromatic heterocycles. The van der Waals surface area contributed by atoms with E-state index in [1.165, 1.54) is 11.1 Å². The van der Waals surface area contributed by atoms with Crippen LogP contribution < -0.4 is 15.8 Å². The lowest BCUT2D eigenvalue weighted by Gasteiger charge is -2.25. The summed E-state index contributed by atoms with van der Waals surface area (Å²) in [4.78, 5) is 34.5. The Morgan fingerprint density at radius 1 is 1.00 bits per heavy atom. The van der Waals surface area contributed by atoms with Crippen molar-refractivity contribution < 1.29 is 50.9 Å². The summed E-state index contributed by atoms with van der Waals surface area (Å²) in [6.45, 7) is 8.28. The Hall–Kier alpha value is -4.93. The fraction of sp³-hybridized carbons (Fsp3) is 0.367. The molecule has 254 valence electrons. The largest absolute Gasteiger partial charge is 0.493 e. The highest BCUT2D eigenvalue weighted by Gasteiger charge is 2.39. The van der Waals surface area contributed by atoms with Crippen LogP contribution >= 0.6 is 0 Å². The molecule has 2 atom stereocenters. The molecule has 2 unspecified atom stereocenters. The number of aliphatic carboxylic acids is 2. The SMILES string of the molecule is CC(C)CNC(C)c1ccc2c(c1)CC(c1nc3ccc(-c4ccnc(N)n4)cc3[nH]1)CO2.O=C(O)C(F)(F)F.O=C(O)C(F)(F)F. The number of hydrogen-bond donors (Lipinski definition) is 5. The van der Waals surface area contributed by atoms with E-state index in [2.05, 4.69) is 65.3 Å². The number of aromatic amines is 1. The summed E-state index contributed by atoms with van der Waals surface area (Å²) in [6.07, 6.45) is -7.60. The van der Waals surface area contributed by atoms with Crippen LogP contribution in [0.5, 0.6) is 5.75 Å². The molecular weight excluding hydrogens is 638 g/mol. The molecule has 0 aliphatic carbocycles. The van der Waals surface area contributed by atoms with Gasteiger partial charge in [-0.25, -0.2) is 24.5 Å². The topological polar surface area (TPSA) is 176 Å². The van der Waals surface area contributed by atoms with Gasteiger partial charge in [0, 0.05) is 17.8 Å². The molecule has 17 heteroatoms. The van der Waals surface area contributed by atoms with Gasteiger partial charge in [-0.3, -0.25) is 0 Å². The van der Waals surface area contributed by atoms with Crippen molar-refractivity contribution in [3.63, 3.8) is 0 Å². The zero-order valence-electron chi connectivity index (χ0n) is 25.3. The first kappa shape index (κ1) is 36.5. The van der Waals surface area contributed by atoms with Crippen molar-refractivity contribution in [1.29, 1.82) is 0 Å². The molecule has 0 saturated heterocycles. The monoisotopic (exact) mass is 670 g/mol. The number of nitrogens with one attached hydrogen (secondary N) is 2. The predicted octanol–water partition coefficient (Wildman–Crippen LogP) is 5.89. The average molecular weight is 671 g/mol. The lowest BCUT2D eigenvalue weighted by molar-refractivity contribution is -0.193. The molecule has 2 aromatic carbocycles. The van der Waals surface area contributed by atoms with E-state index in [0.717, 1.165) is 46.8 Å². The number of carbonyl (C=O) groups is 2. The van der Waals surface area contributed by atoms with Gasteiger partial charge in [-0.15, -0.1) is 0 Å². The first-order valence-corrected chi connectivity index (χ1v) is 14.0. The van der Waals surface area contributed by atoms with Crippen molar-refractivity contribution in [1.82, 2.24) is 25.3 Å². The smallest absolute Gasteiger partial charge is 0.490 e. The van der Waals surface area contributed by atoms with Crippen LogP contribution in [0.4, 0.5) is 32.3 Å². The van der Waals surface area contributed by atoms with Crippen LogP contribution in [-0.4, -0.2) is 67.6 Å². The van der Waals surface area contributed by atoms with E-state index in [4.69, 9.17) is 35.3 Å².